The van der Waals surface area contributed by atoms with Crippen LogP contribution >= 0.6 is 0 Å². The summed E-state index contributed by atoms with van der Waals surface area (Å²) in [6.07, 6.45) is 9.00. The van der Waals surface area contributed by atoms with E-state index in [4.69, 9.17) is 0 Å². The molecule has 1 atom stereocenters. The molecule has 0 N–H and O–H groups in total. The van der Waals surface area contributed by atoms with Crippen molar-refractivity contribution in [2.75, 3.05) is 19.6 Å². The summed E-state index contributed by atoms with van der Waals surface area (Å²) < 4.78 is 1.73. The van der Waals surface area contributed by atoms with Crippen LogP contribution < -0.4 is 5.56 Å². The largest absolute Gasteiger partial charge is 0.336 e. The number of benzene rings is 2. The fourth-order valence-electron chi connectivity index (χ4n) is 6.20. The molecule has 36 heavy (non-hydrogen) atoms. The van der Waals surface area contributed by atoms with E-state index < -0.39 is 0 Å². The number of nitrogens with zero attached hydrogens (tertiary/aromatic N) is 3. The van der Waals surface area contributed by atoms with Crippen LogP contribution in [0.2, 0.25) is 0 Å². The zero-order valence-corrected chi connectivity index (χ0v) is 21.6. The standard InChI is InChI=1S/C31H39N3O2/c1-32-28-17-9-8-16-26(28)21-27(31(32)36)22-34(30(35)20-24-12-6-7-13-24)23-29(25-14-4-2-5-15-25)33-18-10-3-11-19-33/h2,4-5,8-9,14-17,21,24,29H,3,6-7,10-13,18-20,22-23H2,1H3. The zero-order chi connectivity index (χ0) is 24.9. The average molecular weight is 486 g/mol. The zero-order valence-electron chi connectivity index (χ0n) is 21.6. The molecule has 3 aromatic rings. The summed E-state index contributed by atoms with van der Waals surface area (Å²) in [4.78, 5) is 31.7. The van der Waals surface area contributed by atoms with Crippen LogP contribution in [0.4, 0.5) is 0 Å². The van der Waals surface area contributed by atoms with Gasteiger partial charge in [0.05, 0.1) is 18.1 Å². The van der Waals surface area contributed by atoms with Crippen molar-refractivity contribution in [2.24, 2.45) is 13.0 Å². The summed E-state index contributed by atoms with van der Waals surface area (Å²) in [6.45, 7) is 3.09. The number of piperidine rings is 1. The Morgan fingerprint density at radius 1 is 0.944 bits per heavy atom. The maximum atomic E-state index is 13.8. The Morgan fingerprint density at radius 3 is 2.39 bits per heavy atom. The average Bonchev–Trinajstić information content (AvgIpc) is 3.43. The molecule has 0 radical (unpaired) electrons. The van der Waals surface area contributed by atoms with E-state index in [-0.39, 0.29) is 17.5 Å². The van der Waals surface area contributed by atoms with Crippen LogP contribution in [0.1, 0.15) is 68.5 Å². The van der Waals surface area contributed by atoms with E-state index in [2.05, 4.69) is 35.2 Å². The maximum Gasteiger partial charge on any atom is 0.255 e. The first kappa shape index (κ1) is 24.8. The van der Waals surface area contributed by atoms with Gasteiger partial charge in [0, 0.05) is 25.6 Å². The van der Waals surface area contributed by atoms with E-state index >= 15 is 0 Å². The van der Waals surface area contributed by atoms with Crippen molar-refractivity contribution in [1.29, 1.82) is 0 Å². The van der Waals surface area contributed by atoms with Crippen LogP contribution in [-0.2, 0) is 18.4 Å². The molecule has 5 heteroatoms. The van der Waals surface area contributed by atoms with E-state index in [1.165, 1.54) is 37.7 Å². The highest BCUT2D eigenvalue weighted by molar-refractivity contribution is 5.80. The second kappa shape index (κ2) is 11.4. The number of hydrogen-bond donors (Lipinski definition) is 0. The summed E-state index contributed by atoms with van der Waals surface area (Å²) in [5, 5.41) is 1.04. The molecule has 1 aliphatic carbocycles. The first-order chi connectivity index (χ1) is 17.6. The summed E-state index contributed by atoms with van der Waals surface area (Å²) in [6, 6.07) is 20.7. The van der Waals surface area contributed by atoms with Gasteiger partial charge in [0.15, 0.2) is 0 Å². The Labute approximate surface area is 214 Å². The van der Waals surface area contributed by atoms with Crippen LogP contribution in [0.15, 0.2) is 65.5 Å². The van der Waals surface area contributed by atoms with E-state index in [0.717, 1.165) is 36.8 Å². The maximum absolute atomic E-state index is 13.8. The predicted octanol–water partition coefficient (Wildman–Crippen LogP) is 5.67. The number of carbonyl (C=O) groups excluding carboxylic acids is 1. The number of aryl methyl sites for hydroxylation is 1. The van der Waals surface area contributed by atoms with Gasteiger partial charge in [-0.1, -0.05) is 67.8 Å². The lowest BCUT2D eigenvalue weighted by atomic mass is 9.99. The number of hydrogen-bond acceptors (Lipinski definition) is 3. The van der Waals surface area contributed by atoms with E-state index in [9.17, 15) is 9.59 Å². The summed E-state index contributed by atoms with van der Waals surface area (Å²) in [5.74, 6) is 0.666. The van der Waals surface area contributed by atoms with Crippen LogP contribution in [0.3, 0.4) is 0 Å². The molecule has 2 fully saturated rings. The Bertz CT molecular complexity index is 1220. The summed E-state index contributed by atoms with van der Waals surface area (Å²) in [7, 11) is 1.83. The molecule has 2 heterocycles. The van der Waals surface area contributed by atoms with Crippen molar-refractivity contribution in [1.82, 2.24) is 14.4 Å². The van der Waals surface area contributed by atoms with Crippen LogP contribution in [0.5, 0.6) is 0 Å². The molecule has 5 nitrogen and oxygen atoms in total. The van der Waals surface area contributed by atoms with E-state index in [0.29, 0.717) is 31.0 Å². The van der Waals surface area contributed by atoms with Gasteiger partial charge in [-0.25, -0.2) is 0 Å². The van der Waals surface area contributed by atoms with Crippen molar-refractivity contribution in [2.45, 2.75) is 64.0 Å². The lowest BCUT2D eigenvalue weighted by molar-refractivity contribution is -0.133. The second-order valence-corrected chi connectivity index (χ2v) is 10.7. The lowest BCUT2D eigenvalue weighted by Gasteiger charge is -2.38. The molecule has 1 aromatic heterocycles. The number of aromatic nitrogens is 1. The van der Waals surface area contributed by atoms with E-state index in [1.807, 2.05) is 42.3 Å². The molecule has 0 spiro atoms. The van der Waals surface area contributed by atoms with E-state index in [1.54, 1.807) is 4.57 Å². The topological polar surface area (TPSA) is 45.6 Å². The molecule has 190 valence electrons. The molecule has 1 saturated heterocycles. The van der Waals surface area contributed by atoms with Crippen molar-refractivity contribution in [3.05, 3.63) is 82.1 Å². The van der Waals surface area contributed by atoms with Gasteiger partial charge in [-0.05, 0) is 67.8 Å². The molecular formula is C31H39N3O2. The third-order valence-corrected chi connectivity index (χ3v) is 8.27. The van der Waals surface area contributed by atoms with Gasteiger partial charge >= 0.3 is 0 Å². The number of likely N-dealkylation sites (tertiary alicyclic amines) is 1. The molecule has 1 saturated carbocycles. The first-order valence-corrected chi connectivity index (χ1v) is 13.7. The van der Waals surface area contributed by atoms with Gasteiger partial charge in [-0.3, -0.25) is 14.5 Å². The number of amides is 1. The number of para-hydroxylation sites is 1. The fourth-order valence-corrected chi connectivity index (χ4v) is 6.20. The van der Waals surface area contributed by atoms with Gasteiger partial charge in [0.1, 0.15) is 0 Å². The SMILES string of the molecule is Cn1c(=O)c(CN(CC(c2ccccc2)N2CCCCC2)C(=O)CC2CCCC2)cc2ccccc21. The molecule has 1 amide bonds. The molecule has 0 bridgehead atoms. The Balaban J connectivity index is 1.48. The Morgan fingerprint density at radius 2 is 1.64 bits per heavy atom. The first-order valence-electron chi connectivity index (χ1n) is 13.7. The van der Waals surface area contributed by atoms with Gasteiger partial charge in [-0.15, -0.1) is 0 Å². The minimum Gasteiger partial charge on any atom is -0.336 e. The third kappa shape index (κ3) is 5.57. The number of rotatable bonds is 8. The minimum atomic E-state index is -0.0124. The highest BCUT2D eigenvalue weighted by Gasteiger charge is 2.29. The molecule has 1 unspecified atom stereocenters. The smallest absolute Gasteiger partial charge is 0.255 e. The molecule has 2 aliphatic rings. The van der Waals surface area contributed by atoms with Crippen molar-refractivity contribution >= 4 is 16.8 Å². The highest BCUT2D eigenvalue weighted by atomic mass is 16.2. The van der Waals surface area contributed by atoms with Crippen LogP contribution in [-0.4, -0.2) is 39.9 Å². The third-order valence-electron chi connectivity index (χ3n) is 8.27. The van der Waals surface area contributed by atoms with Gasteiger partial charge in [-0.2, -0.15) is 0 Å². The van der Waals surface area contributed by atoms with Crippen molar-refractivity contribution < 1.29 is 4.79 Å². The van der Waals surface area contributed by atoms with Crippen LogP contribution in [0.25, 0.3) is 10.9 Å². The van der Waals surface area contributed by atoms with Crippen molar-refractivity contribution in [3.8, 4) is 0 Å². The normalized spacial score (nSPS) is 17.9. The Hall–Kier alpha value is -2.92. The van der Waals surface area contributed by atoms with Gasteiger partial charge in [0.2, 0.25) is 5.91 Å². The number of fused-ring (bicyclic) bond motifs is 1. The summed E-state index contributed by atoms with van der Waals surface area (Å²) in [5.41, 5.74) is 2.86. The molecular weight excluding hydrogens is 446 g/mol. The lowest BCUT2D eigenvalue weighted by Crippen LogP contribution is -2.43. The van der Waals surface area contributed by atoms with Crippen LogP contribution in [0, 0.1) is 5.92 Å². The minimum absolute atomic E-state index is 0.0124. The van der Waals surface area contributed by atoms with Gasteiger partial charge in [0.25, 0.3) is 5.56 Å². The number of pyridine rings is 1. The molecule has 5 rings (SSSR count). The Kier molecular flexibility index (Phi) is 7.86. The summed E-state index contributed by atoms with van der Waals surface area (Å²) >= 11 is 0. The molecule has 1 aliphatic heterocycles. The quantitative estimate of drug-likeness (QED) is 0.413. The highest BCUT2D eigenvalue weighted by Crippen LogP contribution is 2.30. The van der Waals surface area contributed by atoms with Gasteiger partial charge < -0.3 is 9.47 Å². The molecule has 2 aromatic carbocycles. The fraction of sp³-hybridized carbons (Fsp3) is 0.484. The number of carbonyl (C=O) groups is 1. The van der Waals surface area contributed by atoms with Crippen molar-refractivity contribution in [3.63, 3.8) is 0 Å². The predicted molar refractivity (Wildman–Crippen MR) is 146 cm³/mol. The monoisotopic (exact) mass is 485 g/mol. The second-order valence-electron chi connectivity index (χ2n) is 10.7.